The van der Waals surface area contributed by atoms with E-state index in [2.05, 4.69) is 15.2 Å². The van der Waals surface area contributed by atoms with Gasteiger partial charge in [0, 0.05) is 10.6 Å². The Hall–Kier alpha value is -2.51. The molecule has 14 heteroatoms. The summed E-state index contributed by atoms with van der Waals surface area (Å²) in [5.74, 6) is -2.28. The molecule has 0 bridgehead atoms. The van der Waals surface area contributed by atoms with E-state index < -0.39 is 50.1 Å². The van der Waals surface area contributed by atoms with Crippen molar-refractivity contribution in [2.24, 2.45) is 10.7 Å². The van der Waals surface area contributed by atoms with Gasteiger partial charge in [-0.1, -0.05) is 11.6 Å². The van der Waals surface area contributed by atoms with Gasteiger partial charge in [-0.25, -0.2) is 12.8 Å². The SMILES string of the molecule is C[C@]1(CC(F)(F)F)C(N)=N[C@](C)(c2sc(-c3nnc(-c4ccc(Cl)cc4)o3)cc2F)CS1(=O)=O. The number of hydrogen-bond donors (Lipinski definition) is 1. The van der Waals surface area contributed by atoms with Gasteiger partial charge in [0.25, 0.3) is 5.89 Å². The molecule has 0 unspecified atom stereocenters. The minimum atomic E-state index is -4.79. The molecule has 2 N–H and O–H groups in total. The smallest absolute Gasteiger partial charge is 0.391 e. The molecular weight excluding hydrogens is 520 g/mol. The summed E-state index contributed by atoms with van der Waals surface area (Å²) in [7, 11) is -4.47. The number of aliphatic imine (C=N–C) groups is 1. The lowest BCUT2D eigenvalue weighted by Gasteiger charge is -2.39. The van der Waals surface area contributed by atoms with Gasteiger partial charge in [-0.15, -0.1) is 21.5 Å². The van der Waals surface area contributed by atoms with Gasteiger partial charge in [-0.05, 0) is 44.2 Å². The highest BCUT2D eigenvalue weighted by Crippen LogP contribution is 2.45. The zero-order valence-corrected chi connectivity index (χ0v) is 20.0. The molecule has 182 valence electrons. The molecule has 0 amide bonds. The highest BCUT2D eigenvalue weighted by molar-refractivity contribution is 7.93. The second-order valence-electron chi connectivity index (χ2n) is 8.26. The molecule has 0 saturated carbocycles. The van der Waals surface area contributed by atoms with Crippen LogP contribution in [0.3, 0.4) is 0 Å². The Kier molecular flexibility index (Phi) is 5.81. The van der Waals surface area contributed by atoms with Crippen LogP contribution in [0.2, 0.25) is 5.02 Å². The summed E-state index contributed by atoms with van der Waals surface area (Å²) in [6.07, 6.45) is -6.49. The molecule has 1 aliphatic rings. The van der Waals surface area contributed by atoms with Gasteiger partial charge in [-0.2, -0.15) is 13.2 Å². The molecule has 0 spiro atoms. The Balaban J connectivity index is 1.71. The number of rotatable bonds is 4. The van der Waals surface area contributed by atoms with Crippen molar-refractivity contribution in [2.75, 3.05) is 5.75 Å². The van der Waals surface area contributed by atoms with Crippen LogP contribution in [-0.2, 0) is 15.4 Å². The second-order valence-corrected chi connectivity index (χ2v) is 12.2. The lowest BCUT2D eigenvalue weighted by atomic mass is 9.99. The van der Waals surface area contributed by atoms with E-state index in [1.165, 1.54) is 6.92 Å². The van der Waals surface area contributed by atoms with Gasteiger partial charge in [0.1, 0.15) is 21.9 Å². The first-order chi connectivity index (χ1) is 15.6. The topological polar surface area (TPSA) is 111 Å². The van der Waals surface area contributed by atoms with Crippen LogP contribution in [0.5, 0.6) is 0 Å². The van der Waals surface area contributed by atoms with Crippen LogP contribution in [0.25, 0.3) is 22.2 Å². The third-order valence-corrected chi connectivity index (χ3v) is 9.78. The quantitative estimate of drug-likeness (QED) is 0.471. The molecule has 4 rings (SSSR count). The summed E-state index contributed by atoms with van der Waals surface area (Å²) in [6, 6.07) is 7.64. The highest BCUT2D eigenvalue weighted by Gasteiger charge is 2.57. The summed E-state index contributed by atoms with van der Waals surface area (Å²) in [5.41, 5.74) is 4.60. The zero-order valence-electron chi connectivity index (χ0n) is 17.7. The Morgan fingerprint density at radius 3 is 2.38 bits per heavy atom. The average Bonchev–Trinajstić information content (AvgIpc) is 3.33. The fourth-order valence-corrected chi connectivity index (χ4v) is 6.96. The van der Waals surface area contributed by atoms with Crippen molar-refractivity contribution in [2.45, 2.75) is 36.7 Å². The van der Waals surface area contributed by atoms with Crippen molar-refractivity contribution in [3.05, 3.63) is 46.0 Å². The summed E-state index contributed by atoms with van der Waals surface area (Å²) in [5, 5.41) is 8.34. The minimum absolute atomic E-state index is 0.0266. The number of nitrogens with zero attached hydrogens (tertiary/aromatic N) is 3. The summed E-state index contributed by atoms with van der Waals surface area (Å²) in [6.45, 7) is 2.18. The first kappa shape index (κ1) is 24.6. The van der Waals surface area contributed by atoms with Crippen molar-refractivity contribution in [3.63, 3.8) is 0 Å². The third-order valence-electron chi connectivity index (χ3n) is 5.51. The molecule has 1 aliphatic heterocycles. The molecule has 0 saturated heterocycles. The van der Waals surface area contributed by atoms with Crippen molar-refractivity contribution < 1.29 is 30.4 Å². The number of sulfone groups is 1. The number of nitrogens with two attached hydrogens (primary N) is 1. The first-order valence-corrected chi connectivity index (χ1v) is 12.5. The fourth-order valence-electron chi connectivity index (χ4n) is 3.68. The fraction of sp³-hybridized carbons (Fsp3) is 0.350. The third kappa shape index (κ3) is 4.31. The molecule has 2 aromatic heterocycles. The number of thiophene rings is 1. The van der Waals surface area contributed by atoms with Crippen molar-refractivity contribution in [1.29, 1.82) is 0 Å². The van der Waals surface area contributed by atoms with E-state index in [4.69, 9.17) is 21.8 Å². The highest BCUT2D eigenvalue weighted by atomic mass is 35.5. The van der Waals surface area contributed by atoms with E-state index in [0.29, 0.717) is 10.6 Å². The molecule has 3 heterocycles. The lowest BCUT2D eigenvalue weighted by Crippen LogP contribution is -2.58. The van der Waals surface area contributed by atoms with E-state index in [1.54, 1.807) is 24.3 Å². The van der Waals surface area contributed by atoms with Crippen LogP contribution < -0.4 is 5.73 Å². The molecule has 7 nitrogen and oxygen atoms in total. The van der Waals surface area contributed by atoms with E-state index >= 15 is 0 Å². The number of aromatic nitrogens is 2. The second kappa shape index (κ2) is 8.02. The van der Waals surface area contributed by atoms with Gasteiger partial charge in [-0.3, -0.25) is 4.99 Å². The number of hydrogen-bond acceptors (Lipinski definition) is 8. The van der Waals surface area contributed by atoms with E-state index in [1.807, 2.05) is 0 Å². The molecule has 3 aromatic rings. The molecular formula is C20H17ClF4N4O3S2. The van der Waals surface area contributed by atoms with Crippen molar-refractivity contribution in [1.82, 2.24) is 10.2 Å². The largest absolute Gasteiger partial charge is 0.415 e. The predicted molar refractivity (Wildman–Crippen MR) is 120 cm³/mol. The number of halogens is 5. The number of alkyl halides is 3. The van der Waals surface area contributed by atoms with Gasteiger partial charge in [0.15, 0.2) is 9.84 Å². The molecule has 34 heavy (non-hydrogen) atoms. The van der Waals surface area contributed by atoms with E-state index in [0.717, 1.165) is 24.3 Å². The number of amidine groups is 1. The Morgan fingerprint density at radius 2 is 1.79 bits per heavy atom. The standard InChI is InChI=1S/C20H17ClF4N4O3S2/c1-18(9-34(30,31)19(2,17(26)27-18)8-20(23,24)25)14-12(22)7-13(33-14)16-29-28-15(32-16)10-3-5-11(21)6-4-10/h3-7H,8-9H2,1-2H3,(H2,26,27)/t18-,19-/m0/s1. The van der Waals surface area contributed by atoms with Gasteiger partial charge in [0.05, 0.1) is 21.9 Å². The van der Waals surface area contributed by atoms with Crippen LogP contribution >= 0.6 is 22.9 Å². The maximum Gasteiger partial charge on any atom is 0.391 e. The van der Waals surface area contributed by atoms with E-state index in [-0.39, 0.29) is 21.5 Å². The van der Waals surface area contributed by atoms with Crippen molar-refractivity contribution >= 4 is 38.6 Å². The lowest BCUT2D eigenvalue weighted by molar-refractivity contribution is -0.137. The Bertz CT molecular complexity index is 1390. The molecule has 0 radical (unpaired) electrons. The average molecular weight is 537 g/mol. The maximum absolute atomic E-state index is 15.0. The summed E-state index contributed by atoms with van der Waals surface area (Å²) >= 11 is 6.67. The Labute approximate surface area is 200 Å². The molecule has 2 atom stereocenters. The normalized spacial score (nSPS) is 24.7. The first-order valence-electron chi connectivity index (χ1n) is 9.68. The molecule has 1 aromatic carbocycles. The van der Waals surface area contributed by atoms with Crippen LogP contribution in [0.1, 0.15) is 25.1 Å². The van der Waals surface area contributed by atoms with Gasteiger partial charge < -0.3 is 10.2 Å². The van der Waals surface area contributed by atoms with Crippen LogP contribution in [0, 0.1) is 5.82 Å². The molecule has 0 aliphatic carbocycles. The minimum Gasteiger partial charge on any atom is -0.415 e. The van der Waals surface area contributed by atoms with Gasteiger partial charge in [0.2, 0.25) is 5.89 Å². The maximum atomic E-state index is 15.0. The van der Waals surface area contributed by atoms with Crippen molar-refractivity contribution in [3.8, 4) is 22.2 Å². The van der Waals surface area contributed by atoms with E-state index in [9.17, 15) is 26.0 Å². The number of benzene rings is 1. The van der Waals surface area contributed by atoms with Crippen LogP contribution in [0.15, 0.2) is 39.7 Å². The summed E-state index contributed by atoms with van der Waals surface area (Å²) < 4.78 is 83.1. The van der Waals surface area contributed by atoms with Crippen LogP contribution in [-0.4, -0.2) is 41.1 Å². The van der Waals surface area contributed by atoms with Crippen LogP contribution in [0.4, 0.5) is 17.6 Å². The zero-order chi connectivity index (χ0) is 25.1. The monoisotopic (exact) mass is 536 g/mol. The Morgan fingerprint density at radius 1 is 1.18 bits per heavy atom. The summed E-state index contributed by atoms with van der Waals surface area (Å²) in [4.78, 5) is 4.11. The molecule has 0 fully saturated rings. The van der Waals surface area contributed by atoms with Gasteiger partial charge >= 0.3 is 6.18 Å². The predicted octanol–water partition coefficient (Wildman–Crippen LogP) is 4.97.